The molecule has 0 aromatic rings. The Morgan fingerprint density at radius 1 is 0.320 bits per heavy atom. The molecule has 0 spiro atoms. The third kappa shape index (κ3) is 63.6. The minimum absolute atomic E-state index is 0.0217. The fourth-order valence-electron chi connectivity index (χ4n) is 11.4. The lowest BCUT2D eigenvalue weighted by atomic mass is 10.0. The molecule has 75 heavy (non-hydrogen) atoms. The van der Waals surface area contributed by atoms with Crippen molar-refractivity contribution in [3.8, 4) is 0 Å². The fourth-order valence-corrected chi connectivity index (χ4v) is 11.4. The van der Waals surface area contributed by atoms with E-state index >= 15 is 0 Å². The molecular weight excluding hydrogens is 915 g/mol. The number of hydrogen-bond donors (Lipinski definition) is 3. The van der Waals surface area contributed by atoms with Crippen molar-refractivity contribution in [1.82, 2.24) is 5.32 Å². The predicted molar refractivity (Wildman–Crippen MR) is 336 cm³/mol. The molecule has 2 unspecified atom stereocenters. The maximum atomic E-state index is 12.6. The molecule has 1 amide bonds. The Morgan fingerprint density at radius 2 is 0.547 bits per heavy atom. The third-order valence-electron chi connectivity index (χ3n) is 16.7. The Morgan fingerprint density at radius 3 is 0.800 bits per heavy atom. The van der Waals surface area contributed by atoms with Crippen LogP contribution in [0.25, 0.3) is 0 Å². The number of rotatable bonds is 66. The molecule has 0 rings (SSSR count). The highest BCUT2D eigenvalue weighted by Crippen LogP contribution is 2.19. The van der Waals surface area contributed by atoms with Gasteiger partial charge in [-0.3, -0.25) is 4.79 Å². The summed E-state index contributed by atoms with van der Waals surface area (Å²) in [5.74, 6) is -0.0217. The van der Waals surface area contributed by atoms with E-state index in [-0.39, 0.29) is 12.5 Å². The zero-order chi connectivity index (χ0) is 54.1. The van der Waals surface area contributed by atoms with Crippen molar-refractivity contribution in [2.75, 3.05) is 6.61 Å². The average molecular weight is 1050 g/mol. The minimum Gasteiger partial charge on any atom is -0.394 e. The first-order valence-electron chi connectivity index (χ1n) is 35.0. The Hall–Kier alpha value is -1.13. The number of carbonyl (C=O) groups is 1. The Bertz CT molecular complexity index is 1100. The van der Waals surface area contributed by atoms with Gasteiger partial charge >= 0.3 is 0 Å². The quantitative estimate of drug-likeness (QED) is 0.0420. The van der Waals surface area contributed by atoms with Crippen LogP contribution in [0, 0.1) is 0 Å². The second-order valence-electron chi connectivity index (χ2n) is 24.3. The number of aliphatic hydroxyl groups is 2. The smallest absolute Gasteiger partial charge is 0.220 e. The van der Waals surface area contributed by atoms with Gasteiger partial charge in [0.25, 0.3) is 0 Å². The van der Waals surface area contributed by atoms with Gasteiger partial charge in [-0.1, -0.05) is 378 Å². The van der Waals surface area contributed by atoms with Gasteiger partial charge in [-0.05, 0) is 44.9 Å². The van der Waals surface area contributed by atoms with E-state index in [1.165, 1.54) is 347 Å². The summed E-state index contributed by atoms with van der Waals surface area (Å²) < 4.78 is 0. The van der Waals surface area contributed by atoms with E-state index in [9.17, 15) is 15.0 Å². The fraction of sp³-hybridized carbons (Fsp3) is 0.930. The van der Waals surface area contributed by atoms with Crippen LogP contribution in [0.1, 0.15) is 406 Å². The number of hydrogen-bond acceptors (Lipinski definition) is 3. The highest BCUT2D eigenvalue weighted by molar-refractivity contribution is 5.76. The van der Waals surface area contributed by atoms with Crippen LogP contribution >= 0.6 is 0 Å². The maximum Gasteiger partial charge on any atom is 0.220 e. The van der Waals surface area contributed by atoms with Crippen LogP contribution in [0.3, 0.4) is 0 Å². The molecule has 3 N–H and O–H groups in total. The summed E-state index contributed by atoms with van der Waals surface area (Å²) in [5, 5.41) is 23.5. The summed E-state index contributed by atoms with van der Waals surface area (Å²) >= 11 is 0. The lowest BCUT2D eigenvalue weighted by molar-refractivity contribution is -0.123. The van der Waals surface area contributed by atoms with Gasteiger partial charge in [0.2, 0.25) is 5.91 Å². The Labute approximate surface area is 472 Å². The van der Waals surface area contributed by atoms with Gasteiger partial charge in [-0.15, -0.1) is 0 Å². The van der Waals surface area contributed by atoms with Gasteiger partial charge in [0.1, 0.15) is 0 Å². The predicted octanol–water partition coefficient (Wildman–Crippen LogP) is 23.8. The SMILES string of the molecule is CCCCCCC/C=C\C/C=C\CCCCCCCCCCCCCCCCCCCCCCCC(=O)NC(CO)C(O)CCCCCCCCCCCCCCCCCCCCCCCCCCCCCCCC. The van der Waals surface area contributed by atoms with Crippen LogP contribution in [0.4, 0.5) is 0 Å². The van der Waals surface area contributed by atoms with Gasteiger partial charge < -0.3 is 15.5 Å². The zero-order valence-corrected chi connectivity index (χ0v) is 51.6. The van der Waals surface area contributed by atoms with Crippen molar-refractivity contribution in [1.29, 1.82) is 0 Å². The molecule has 0 aliphatic heterocycles. The molecular formula is C71H139NO3. The second kappa shape index (κ2) is 67.1. The van der Waals surface area contributed by atoms with Crippen LogP contribution in [-0.4, -0.2) is 34.9 Å². The van der Waals surface area contributed by atoms with Crippen molar-refractivity contribution >= 4 is 5.91 Å². The number of aliphatic hydroxyl groups excluding tert-OH is 2. The third-order valence-corrected chi connectivity index (χ3v) is 16.7. The topological polar surface area (TPSA) is 69.6 Å². The van der Waals surface area contributed by atoms with Crippen LogP contribution in [-0.2, 0) is 4.79 Å². The van der Waals surface area contributed by atoms with Gasteiger partial charge in [-0.25, -0.2) is 0 Å². The van der Waals surface area contributed by atoms with Crippen LogP contribution in [0.5, 0.6) is 0 Å². The summed E-state index contributed by atoms with van der Waals surface area (Å²) in [6.07, 6.45) is 91.0. The standard InChI is InChI=1S/C71H139NO3/c1-3-5-7-9-11-13-15-17-19-21-23-25-27-29-31-33-35-36-37-39-41-43-45-47-49-51-53-55-57-59-61-63-65-67-71(75)72-69(68-73)70(74)66-64-62-60-58-56-54-52-50-48-46-44-42-40-38-34-32-30-28-26-24-22-20-18-16-14-12-10-8-6-4-2/h15,17,21,23,69-70,73-74H,3-14,16,18-20,22,24-68H2,1-2H3,(H,72,75)/b17-15-,23-21-. The maximum absolute atomic E-state index is 12.6. The van der Waals surface area contributed by atoms with Gasteiger partial charge in [0, 0.05) is 6.42 Å². The van der Waals surface area contributed by atoms with Crippen molar-refractivity contribution < 1.29 is 15.0 Å². The molecule has 0 fully saturated rings. The lowest BCUT2D eigenvalue weighted by Crippen LogP contribution is -2.45. The van der Waals surface area contributed by atoms with Crippen LogP contribution in [0.15, 0.2) is 24.3 Å². The van der Waals surface area contributed by atoms with E-state index < -0.39 is 12.1 Å². The van der Waals surface area contributed by atoms with E-state index in [4.69, 9.17) is 0 Å². The molecule has 446 valence electrons. The first kappa shape index (κ1) is 73.9. The van der Waals surface area contributed by atoms with Crippen molar-refractivity contribution in [2.45, 2.75) is 418 Å². The summed E-state index contributed by atoms with van der Waals surface area (Å²) in [4.78, 5) is 12.6. The molecule has 2 atom stereocenters. The molecule has 0 radical (unpaired) electrons. The zero-order valence-electron chi connectivity index (χ0n) is 51.6. The first-order chi connectivity index (χ1) is 37.2. The normalized spacial score (nSPS) is 12.7. The largest absolute Gasteiger partial charge is 0.394 e. The molecule has 0 aromatic carbocycles. The number of amides is 1. The van der Waals surface area contributed by atoms with E-state index in [1.807, 2.05) is 0 Å². The minimum atomic E-state index is -0.659. The van der Waals surface area contributed by atoms with Crippen LogP contribution in [0.2, 0.25) is 0 Å². The summed E-state index contributed by atoms with van der Waals surface area (Å²) in [5.41, 5.74) is 0. The molecule has 0 aliphatic carbocycles. The summed E-state index contributed by atoms with van der Waals surface area (Å²) in [7, 11) is 0. The van der Waals surface area contributed by atoms with E-state index in [1.54, 1.807) is 0 Å². The van der Waals surface area contributed by atoms with Crippen molar-refractivity contribution in [3.63, 3.8) is 0 Å². The van der Waals surface area contributed by atoms with E-state index in [0.29, 0.717) is 12.8 Å². The van der Waals surface area contributed by atoms with Gasteiger partial charge in [0.05, 0.1) is 18.8 Å². The van der Waals surface area contributed by atoms with Gasteiger partial charge in [0.15, 0.2) is 0 Å². The Balaban J connectivity index is 3.38. The highest BCUT2D eigenvalue weighted by atomic mass is 16.3. The molecule has 0 aromatic heterocycles. The average Bonchev–Trinajstić information content (AvgIpc) is 3.41. The Kier molecular flexibility index (Phi) is 66.1. The van der Waals surface area contributed by atoms with Gasteiger partial charge in [-0.2, -0.15) is 0 Å². The van der Waals surface area contributed by atoms with Crippen molar-refractivity contribution in [3.05, 3.63) is 24.3 Å². The van der Waals surface area contributed by atoms with Crippen molar-refractivity contribution in [2.24, 2.45) is 0 Å². The molecule has 4 nitrogen and oxygen atoms in total. The molecule has 0 bridgehead atoms. The second-order valence-corrected chi connectivity index (χ2v) is 24.3. The van der Waals surface area contributed by atoms with E-state index in [2.05, 4.69) is 43.5 Å². The summed E-state index contributed by atoms with van der Waals surface area (Å²) in [6, 6.07) is -0.535. The number of allylic oxidation sites excluding steroid dienone is 4. The lowest BCUT2D eigenvalue weighted by Gasteiger charge is -2.22. The molecule has 4 heteroatoms. The molecule has 0 heterocycles. The number of unbranched alkanes of at least 4 members (excludes halogenated alkanes) is 55. The summed E-state index contributed by atoms with van der Waals surface area (Å²) in [6.45, 7) is 4.40. The number of nitrogens with one attached hydrogen (secondary N) is 1. The molecule has 0 aliphatic rings. The van der Waals surface area contributed by atoms with Crippen LogP contribution < -0.4 is 5.32 Å². The monoisotopic (exact) mass is 1050 g/mol. The van der Waals surface area contributed by atoms with E-state index in [0.717, 1.165) is 32.1 Å². The molecule has 0 saturated heterocycles. The molecule has 0 saturated carbocycles. The highest BCUT2D eigenvalue weighted by Gasteiger charge is 2.20. The first-order valence-corrected chi connectivity index (χ1v) is 35.0. The number of carbonyl (C=O) groups excluding carboxylic acids is 1.